The molecule has 86 valence electrons. The summed E-state index contributed by atoms with van der Waals surface area (Å²) in [6.07, 6.45) is 0. The molecule has 2 amide bonds. The highest BCUT2D eigenvalue weighted by molar-refractivity contribution is 6.00. The molecule has 5 nitrogen and oxygen atoms in total. The van der Waals surface area contributed by atoms with Crippen LogP contribution in [0.1, 0.15) is 17.3 Å². The fraction of sp³-hybridized carbons (Fsp3) is 0.200. The highest BCUT2D eigenvalue weighted by atomic mass is 19.1. The standard InChI is InChI=1S/C10H11FN2O3/c1-2-12-10(16)13-8-6(9(14)15)4-3-5-7(8)11/h3-5H,2H2,1H3,(H,14,15)(H2,12,13,16). The van der Waals surface area contributed by atoms with Crippen molar-refractivity contribution in [3.63, 3.8) is 0 Å². The quantitative estimate of drug-likeness (QED) is 0.733. The second kappa shape index (κ2) is 5.11. The maximum Gasteiger partial charge on any atom is 0.337 e. The first-order valence-corrected chi connectivity index (χ1v) is 4.63. The van der Waals surface area contributed by atoms with E-state index in [0.29, 0.717) is 6.54 Å². The summed E-state index contributed by atoms with van der Waals surface area (Å²) in [5, 5.41) is 13.3. The molecule has 1 rings (SSSR count). The number of carboxylic acid groups (broad SMARTS) is 1. The highest BCUT2D eigenvalue weighted by Crippen LogP contribution is 2.19. The minimum Gasteiger partial charge on any atom is -0.478 e. The fourth-order valence-electron chi connectivity index (χ4n) is 1.15. The lowest BCUT2D eigenvalue weighted by atomic mass is 10.1. The Hall–Kier alpha value is -2.11. The summed E-state index contributed by atoms with van der Waals surface area (Å²) in [5.74, 6) is -2.09. The van der Waals surface area contributed by atoms with E-state index in [1.165, 1.54) is 12.1 Å². The molecular weight excluding hydrogens is 215 g/mol. The van der Waals surface area contributed by atoms with Gasteiger partial charge in [-0.05, 0) is 19.1 Å². The second-order valence-electron chi connectivity index (χ2n) is 2.95. The van der Waals surface area contributed by atoms with Gasteiger partial charge in [-0.3, -0.25) is 0 Å². The normalized spacial score (nSPS) is 9.62. The lowest BCUT2D eigenvalue weighted by molar-refractivity contribution is 0.0697. The number of hydrogen-bond acceptors (Lipinski definition) is 2. The average molecular weight is 226 g/mol. The molecule has 1 aromatic rings. The van der Waals surface area contributed by atoms with E-state index in [2.05, 4.69) is 10.6 Å². The molecule has 0 unspecified atom stereocenters. The molecule has 0 spiro atoms. The lowest BCUT2D eigenvalue weighted by Gasteiger charge is -2.09. The van der Waals surface area contributed by atoms with Crippen molar-refractivity contribution in [3.8, 4) is 0 Å². The van der Waals surface area contributed by atoms with Crippen LogP contribution in [-0.2, 0) is 0 Å². The Morgan fingerprint density at radius 1 is 1.44 bits per heavy atom. The van der Waals surface area contributed by atoms with E-state index in [4.69, 9.17) is 5.11 Å². The summed E-state index contributed by atoms with van der Waals surface area (Å²) in [6.45, 7) is 2.06. The van der Waals surface area contributed by atoms with E-state index < -0.39 is 17.8 Å². The Labute approximate surface area is 91.3 Å². The number of urea groups is 1. The Morgan fingerprint density at radius 3 is 2.69 bits per heavy atom. The molecular formula is C10H11FN2O3. The van der Waals surface area contributed by atoms with Crippen LogP contribution in [0.25, 0.3) is 0 Å². The van der Waals surface area contributed by atoms with Crippen LogP contribution in [0.4, 0.5) is 14.9 Å². The van der Waals surface area contributed by atoms with Gasteiger partial charge in [-0.15, -0.1) is 0 Å². The van der Waals surface area contributed by atoms with Crippen molar-refractivity contribution < 1.29 is 19.1 Å². The third-order valence-corrected chi connectivity index (χ3v) is 1.82. The summed E-state index contributed by atoms with van der Waals surface area (Å²) >= 11 is 0. The number of carbonyl (C=O) groups is 2. The first kappa shape index (κ1) is 12.0. The van der Waals surface area contributed by atoms with Gasteiger partial charge in [-0.1, -0.05) is 6.07 Å². The summed E-state index contributed by atoms with van der Waals surface area (Å²) in [5.41, 5.74) is -0.618. The first-order valence-electron chi connectivity index (χ1n) is 4.63. The number of anilines is 1. The van der Waals surface area contributed by atoms with Crippen molar-refractivity contribution in [2.24, 2.45) is 0 Å². The SMILES string of the molecule is CCNC(=O)Nc1c(F)cccc1C(=O)O. The molecule has 3 N–H and O–H groups in total. The number of carboxylic acids is 1. The van der Waals surface area contributed by atoms with Crippen molar-refractivity contribution in [3.05, 3.63) is 29.6 Å². The van der Waals surface area contributed by atoms with Gasteiger partial charge in [0, 0.05) is 6.54 Å². The van der Waals surface area contributed by atoms with Crippen molar-refractivity contribution in [2.45, 2.75) is 6.92 Å². The predicted octanol–water partition coefficient (Wildman–Crippen LogP) is 1.67. The summed E-state index contributed by atoms with van der Waals surface area (Å²) in [7, 11) is 0. The number of carbonyl (C=O) groups excluding carboxylic acids is 1. The average Bonchev–Trinajstić information content (AvgIpc) is 2.21. The Kier molecular flexibility index (Phi) is 3.82. The smallest absolute Gasteiger partial charge is 0.337 e. The van der Waals surface area contributed by atoms with Gasteiger partial charge in [0.05, 0.1) is 11.3 Å². The molecule has 0 saturated heterocycles. The van der Waals surface area contributed by atoms with E-state index in [-0.39, 0.29) is 11.3 Å². The van der Waals surface area contributed by atoms with Crippen LogP contribution in [0.15, 0.2) is 18.2 Å². The van der Waals surface area contributed by atoms with Gasteiger partial charge in [0.2, 0.25) is 0 Å². The zero-order valence-electron chi connectivity index (χ0n) is 8.58. The molecule has 0 atom stereocenters. The van der Waals surface area contributed by atoms with E-state index in [0.717, 1.165) is 6.07 Å². The van der Waals surface area contributed by atoms with Crippen molar-refractivity contribution in [1.29, 1.82) is 0 Å². The molecule has 0 heterocycles. The zero-order chi connectivity index (χ0) is 12.1. The van der Waals surface area contributed by atoms with Crippen LogP contribution in [0.3, 0.4) is 0 Å². The Balaban J connectivity index is 3.01. The number of amides is 2. The van der Waals surface area contributed by atoms with Crippen LogP contribution in [-0.4, -0.2) is 23.7 Å². The zero-order valence-corrected chi connectivity index (χ0v) is 8.58. The van der Waals surface area contributed by atoms with E-state index in [1.54, 1.807) is 6.92 Å². The third-order valence-electron chi connectivity index (χ3n) is 1.82. The van der Waals surface area contributed by atoms with E-state index in [9.17, 15) is 14.0 Å². The molecule has 6 heteroatoms. The Bertz CT molecular complexity index is 421. The lowest BCUT2D eigenvalue weighted by Crippen LogP contribution is -2.29. The monoisotopic (exact) mass is 226 g/mol. The topological polar surface area (TPSA) is 78.4 Å². The van der Waals surface area contributed by atoms with Gasteiger partial charge in [-0.25, -0.2) is 14.0 Å². The molecule has 0 aliphatic heterocycles. The molecule has 0 fully saturated rings. The number of nitrogens with one attached hydrogen (secondary N) is 2. The summed E-state index contributed by atoms with van der Waals surface area (Å²) in [6, 6.07) is 2.91. The van der Waals surface area contributed by atoms with Crippen LogP contribution in [0.2, 0.25) is 0 Å². The number of halogens is 1. The van der Waals surface area contributed by atoms with Crippen molar-refractivity contribution in [2.75, 3.05) is 11.9 Å². The van der Waals surface area contributed by atoms with Crippen molar-refractivity contribution >= 4 is 17.7 Å². The molecule has 0 aliphatic carbocycles. The molecule has 0 aliphatic rings. The van der Waals surface area contributed by atoms with Crippen LogP contribution >= 0.6 is 0 Å². The van der Waals surface area contributed by atoms with Gasteiger partial charge >= 0.3 is 12.0 Å². The molecule has 1 aromatic carbocycles. The van der Waals surface area contributed by atoms with Crippen molar-refractivity contribution in [1.82, 2.24) is 5.32 Å². The van der Waals surface area contributed by atoms with Crippen LogP contribution < -0.4 is 10.6 Å². The number of benzene rings is 1. The maximum absolute atomic E-state index is 13.3. The predicted molar refractivity (Wildman–Crippen MR) is 56.1 cm³/mol. The minimum atomic E-state index is -1.30. The molecule has 0 aromatic heterocycles. The Morgan fingerprint density at radius 2 is 2.12 bits per heavy atom. The minimum absolute atomic E-state index is 0.286. The van der Waals surface area contributed by atoms with Gasteiger partial charge < -0.3 is 15.7 Å². The van der Waals surface area contributed by atoms with E-state index >= 15 is 0 Å². The summed E-state index contributed by atoms with van der Waals surface area (Å²) in [4.78, 5) is 21.9. The summed E-state index contributed by atoms with van der Waals surface area (Å²) < 4.78 is 13.3. The maximum atomic E-state index is 13.3. The third kappa shape index (κ3) is 2.69. The molecule has 0 radical (unpaired) electrons. The molecule has 16 heavy (non-hydrogen) atoms. The van der Waals surface area contributed by atoms with Crippen LogP contribution in [0.5, 0.6) is 0 Å². The van der Waals surface area contributed by atoms with E-state index in [1.807, 2.05) is 0 Å². The number of para-hydroxylation sites is 1. The number of hydrogen-bond donors (Lipinski definition) is 3. The first-order chi connectivity index (χ1) is 7.56. The van der Waals surface area contributed by atoms with Gasteiger partial charge in [-0.2, -0.15) is 0 Å². The molecule has 0 saturated carbocycles. The van der Waals surface area contributed by atoms with Gasteiger partial charge in [0.25, 0.3) is 0 Å². The largest absolute Gasteiger partial charge is 0.478 e. The fourth-order valence-corrected chi connectivity index (χ4v) is 1.15. The van der Waals surface area contributed by atoms with Gasteiger partial charge in [0.1, 0.15) is 5.82 Å². The van der Waals surface area contributed by atoms with Crippen LogP contribution in [0, 0.1) is 5.82 Å². The number of aromatic carboxylic acids is 1. The molecule has 0 bridgehead atoms. The second-order valence-corrected chi connectivity index (χ2v) is 2.95. The van der Waals surface area contributed by atoms with Gasteiger partial charge in [0.15, 0.2) is 0 Å². The highest BCUT2D eigenvalue weighted by Gasteiger charge is 2.15. The number of rotatable bonds is 3.